The van der Waals surface area contributed by atoms with E-state index in [2.05, 4.69) is 20.7 Å². The van der Waals surface area contributed by atoms with Crippen molar-refractivity contribution in [3.8, 4) is 0 Å². The fourth-order valence-electron chi connectivity index (χ4n) is 2.17. The molecular weight excluding hydrogens is 318 g/mol. The van der Waals surface area contributed by atoms with Crippen LogP contribution in [-0.2, 0) is 10.0 Å². The minimum absolute atomic E-state index is 0.211. The first-order chi connectivity index (χ1) is 8.50. The topological polar surface area (TPSA) is 66.4 Å². The van der Waals surface area contributed by atoms with Crippen LogP contribution in [0, 0.1) is 0 Å². The number of rotatable bonds is 3. The lowest BCUT2D eigenvalue weighted by Crippen LogP contribution is -2.45. The summed E-state index contributed by atoms with van der Waals surface area (Å²) >= 11 is 3.23. The molecule has 0 saturated heterocycles. The van der Waals surface area contributed by atoms with Crippen LogP contribution in [0.2, 0.25) is 0 Å². The second kappa shape index (κ2) is 5.69. The Hall–Kier alpha value is -0.430. The predicted octanol–water partition coefficient (Wildman–Crippen LogP) is 2.03. The molecule has 0 amide bonds. The molecule has 6 heteroatoms. The Morgan fingerprint density at radius 2 is 1.89 bits per heavy atom. The van der Waals surface area contributed by atoms with E-state index in [1.54, 1.807) is 24.3 Å². The van der Waals surface area contributed by atoms with Crippen molar-refractivity contribution in [1.82, 2.24) is 4.72 Å². The van der Waals surface area contributed by atoms with Crippen molar-refractivity contribution < 1.29 is 13.5 Å². The number of nitrogens with one attached hydrogen (secondary N) is 1. The van der Waals surface area contributed by atoms with Gasteiger partial charge >= 0.3 is 0 Å². The fourth-order valence-corrected chi connectivity index (χ4v) is 4.48. The second-order valence-corrected chi connectivity index (χ2v) is 7.05. The molecule has 1 saturated carbocycles. The van der Waals surface area contributed by atoms with Crippen molar-refractivity contribution in [1.29, 1.82) is 0 Å². The van der Waals surface area contributed by atoms with Crippen LogP contribution >= 0.6 is 15.9 Å². The standard InChI is InChI=1S/C12H16BrNO3S/c13-9-5-1-4-8-12(9)18(16,17)14-10-6-2-3-7-11(10)15/h1,4-5,8,10-11,14-15H,2-3,6-7H2/t10-,11+/m0/s1. The van der Waals surface area contributed by atoms with Crippen LogP contribution in [0.15, 0.2) is 33.6 Å². The highest BCUT2D eigenvalue weighted by molar-refractivity contribution is 9.10. The molecule has 1 fully saturated rings. The molecule has 2 atom stereocenters. The molecule has 1 aliphatic carbocycles. The van der Waals surface area contributed by atoms with Crippen molar-refractivity contribution in [2.24, 2.45) is 0 Å². The van der Waals surface area contributed by atoms with Gasteiger partial charge in [0, 0.05) is 10.5 Å². The third-order valence-electron chi connectivity index (χ3n) is 3.16. The van der Waals surface area contributed by atoms with Gasteiger partial charge in [-0.3, -0.25) is 0 Å². The Balaban J connectivity index is 2.19. The van der Waals surface area contributed by atoms with E-state index < -0.39 is 16.1 Å². The number of benzene rings is 1. The van der Waals surface area contributed by atoms with Gasteiger partial charge in [0.25, 0.3) is 0 Å². The number of hydrogen-bond donors (Lipinski definition) is 2. The van der Waals surface area contributed by atoms with Crippen LogP contribution in [0.25, 0.3) is 0 Å². The fraction of sp³-hybridized carbons (Fsp3) is 0.500. The van der Waals surface area contributed by atoms with E-state index >= 15 is 0 Å². The van der Waals surface area contributed by atoms with Gasteiger partial charge in [0.15, 0.2) is 0 Å². The molecule has 18 heavy (non-hydrogen) atoms. The summed E-state index contributed by atoms with van der Waals surface area (Å²) in [4.78, 5) is 0.211. The van der Waals surface area contributed by atoms with Gasteiger partial charge in [-0.1, -0.05) is 25.0 Å². The summed E-state index contributed by atoms with van der Waals surface area (Å²) in [6.45, 7) is 0. The highest BCUT2D eigenvalue weighted by Crippen LogP contribution is 2.24. The van der Waals surface area contributed by atoms with Gasteiger partial charge in [0.05, 0.1) is 11.0 Å². The molecule has 0 aromatic heterocycles. The van der Waals surface area contributed by atoms with Crippen molar-refractivity contribution in [3.05, 3.63) is 28.7 Å². The first kappa shape index (κ1) is 14.0. The first-order valence-corrected chi connectivity index (χ1v) is 8.23. The molecule has 1 aliphatic rings. The van der Waals surface area contributed by atoms with Crippen LogP contribution in [0.1, 0.15) is 25.7 Å². The average Bonchev–Trinajstić information content (AvgIpc) is 2.32. The third kappa shape index (κ3) is 3.12. The van der Waals surface area contributed by atoms with Gasteiger partial charge in [-0.15, -0.1) is 0 Å². The summed E-state index contributed by atoms with van der Waals surface area (Å²) in [6.07, 6.45) is 2.65. The number of sulfonamides is 1. The van der Waals surface area contributed by atoms with Gasteiger partial charge in [-0.05, 0) is 40.9 Å². The van der Waals surface area contributed by atoms with Crippen LogP contribution in [-0.4, -0.2) is 25.7 Å². The molecule has 100 valence electrons. The normalized spacial score (nSPS) is 25.0. The van der Waals surface area contributed by atoms with E-state index in [-0.39, 0.29) is 10.9 Å². The molecule has 1 aromatic rings. The molecule has 0 bridgehead atoms. The molecule has 0 radical (unpaired) electrons. The van der Waals surface area contributed by atoms with Crippen LogP contribution in [0.3, 0.4) is 0 Å². The number of aliphatic hydroxyl groups is 1. The largest absolute Gasteiger partial charge is 0.391 e. The lowest BCUT2D eigenvalue weighted by Gasteiger charge is -2.28. The molecule has 4 nitrogen and oxygen atoms in total. The van der Waals surface area contributed by atoms with Crippen molar-refractivity contribution >= 4 is 26.0 Å². The van der Waals surface area contributed by atoms with E-state index in [4.69, 9.17) is 0 Å². The maximum atomic E-state index is 12.2. The zero-order valence-electron chi connectivity index (χ0n) is 9.84. The van der Waals surface area contributed by atoms with E-state index in [9.17, 15) is 13.5 Å². The average molecular weight is 334 g/mol. The Morgan fingerprint density at radius 1 is 1.22 bits per heavy atom. The van der Waals surface area contributed by atoms with Crippen molar-refractivity contribution in [2.75, 3.05) is 0 Å². The second-order valence-electron chi connectivity index (χ2n) is 4.51. The van der Waals surface area contributed by atoms with Gasteiger partial charge < -0.3 is 5.11 Å². The smallest absolute Gasteiger partial charge is 0.242 e. The Morgan fingerprint density at radius 3 is 2.56 bits per heavy atom. The van der Waals surface area contributed by atoms with Gasteiger partial charge in [0.1, 0.15) is 0 Å². The van der Waals surface area contributed by atoms with E-state index in [0.717, 1.165) is 12.8 Å². The monoisotopic (exact) mass is 333 g/mol. The lowest BCUT2D eigenvalue weighted by molar-refractivity contribution is 0.101. The number of aliphatic hydroxyl groups excluding tert-OH is 1. The number of halogens is 1. The first-order valence-electron chi connectivity index (χ1n) is 5.95. The quantitative estimate of drug-likeness (QED) is 0.889. The van der Waals surface area contributed by atoms with Gasteiger partial charge in [-0.25, -0.2) is 13.1 Å². The Bertz CT molecular complexity index is 518. The van der Waals surface area contributed by atoms with Gasteiger partial charge in [-0.2, -0.15) is 0 Å². The lowest BCUT2D eigenvalue weighted by atomic mass is 9.93. The van der Waals surface area contributed by atoms with Crippen LogP contribution in [0.4, 0.5) is 0 Å². The zero-order chi connectivity index (χ0) is 13.2. The van der Waals surface area contributed by atoms with Crippen LogP contribution in [0.5, 0.6) is 0 Å². The highest BCUT2D eigenvalue weighted by Gasteiger charge is 2.28. The molecule has 2 rings (SSSR count). The predicted molar refractivity (Wildman–Crippen MR) is 72.7 cm³/mol. The molecule has 1 aromatic carbocycles. The summed E-state index contributed by atoms with van der Waals surface area (Å²) in [7, 11) is -3.58. The molecule has 0 unspecified atom stereocenters. The molecule has 0 aliphatic heterocycles. The summed E-state index contributed by atoms with van der Waals surface area (Å²) in [5, 5.41) is 9.81. The molecule has 0 spiro atoms. The highest BCUT2D eigenvalue weighted by atomic mass is 79.9. The van der Waals surface area contributed by atoms with Crippen molar-refractivity contribution in [2.45, 2.75) is 42.7 Å². The summed E-state index contributed by atoms with van der Waals surface area (Å²) < 4.78 is 27.6. The Kier molecular flexibility index (Phi) is 4.42. The zero-order valence-corrected chi connectivity index (χ0v) is 12.2. The van der Waals surface area contributed by atoms with Crippen LogP contribution < -0.4 is 4.72 Å². The Labute approximate surface area is 116 Å². The minimum Gasteiger partial charge on any atom is -0.391 e. The molecule has 2 N–H and O–H groups in total. The third-order valence-corrected chi connectivity index (χ3v) is 5.66. The summed E-state index contributed by atoms with van der Waals surface area (Å²) in [5.41, 5.74) is 0. The van der Waals surface area contributed by atoms with E-state index in [0.29, 0.717) is 17.3 Å². The van der Waals surface area contributed by atoms with Gasteiger partial charge in [0.2, 0.25) is 10.0 Å². The number of hydrogen-bond acceptors (Lipinski definition) is 3. The van der Waals surface area contributed by atoms with Crippen molar-refractivity contribution in [3.63, 3.8) is 0 Å². The maximum absolute atomic E-state index is 12.2. The maximum Gasteiger partial charge on any atom is 0.242 e. The summed E-state index contributed by atoms with van der Waals surface area (Å²) in [5.74, 6) is 0. The minimum atomic E-state index is -3.58. The summed E-state index contributed by atoms with van der Waals surface area (Å²) in [6, 6.07) is 6.29. The van der Waals surface area contributed by atoms with E-state index in [1.165, 1.54) is 0 Å². The van der Waals surface area contributed by atoms with E-state index in [1.807, 2.05) is 0 Å². The molecular formula is C12H16BrNO3S. The molecule has 0 heterocycles. The SMILES string of the molecule is O=S(=O)(N[C@H]1CCCC[C@H]1O)c1ccccc1Br.